The number of aldehydes is 1. The Balaban J connectivity index is 1.26. The van der Waals surface area contributed by atoms with Gasteiger partial charge < -0.3 is 19.9 Å². The molecule has 3 saturated heterocycles. The summed E-state index contributed by atoms with van der Waals surface area (Å²) < 4.78 is 48.5. The molecule has 44 heavy (non-hydrogen) atoms. The van der Waals surface area contributed by atoms with Crippen LogP contribution in [0.5, 0.6) is 0 Å². The number of aromatic nitrogens is 1. The molecule has 3 aliphatic heterocycles. The fraction of sp³-hybridized carbons (Fsp3) is 0.548. The number of piperazine rings is 1. The lowest BCUT2D eigenvalue weighted by Crippen LogP contribution is -2.68. The molecule has 4 atom stereocenters. The minimum absolute atomic E-state index is 0.139. The molecule has 4 aliphatic rings. The average molecular weight is 632 g/mol. The number of hydrogen-bond acceptors (Lipinski definition) is 9. The lowest BCUT2D eigenvalue weighted by molar-refractivity contribution is -0.133. The van der Waals surface area contributed by atoms with Gasteiger partial charge in [-0.3, -0.25) is 19.3 Å². The molecule has 236 valence electrons. The number of benzene rings is 1. The molecule has 1 saturated carbocycles. The number of anilines is 1. The highest BCUT2D eigenvalue weighted by molar-refractivity contribution is 7.14. The van der Waals surface area contributed by atoms with Gasteiger partial charge in [-0.05, 0) is 32.0 Å². The van der Waals surface area contributed by atoms with E-state index in [9.17, 15) is 27.6 Å². The third kappa shape index (κ3) is 5.59. The molecule has 4 heterocycles. The van der Waals surface area contributed by atoms with Crippen LogP contribution in [0.2, 0.25) is 0 Å². The molecule has 1 aromatic heterocycles. The summed E-state index contributed by atoms with van der Waals surface area (Å²) in [6.45, 7) is 2.81. The number of amides is 1. The van der Waals surface area contributed by atoms with Crippen molar-refractivity contribution in [1.82, 2.24) is 20.1 Å². The second-order valence-electron chi connectivity index (χ2n) is 12.2. The summed E-state index contributed by atoms with van der Waals surface area (Å²) in [5, 5.41) is 3.12. The van der Waals surface area contributed by atoms with E-state index in [1.807, 2.05) is 7.05 Å². The second-order valence-corrected chi connectivity index (χ2v) is 13.1. The maximum Gasteiger partial charge on any atom is 0.253 e. The molecule has 1 aliphatic carbocycles. The van der Waals surface area contributed by atoms with Gasteiger partial charge in [-0.1, -0.05) is 42.7 Å². The van der Waals surface area contributed by atoms with Gasteiger partial charge in [0.1, 0.15) is 30.5 Å². The van der Waals surface area contributed by atoms with E-state index in [-0.39, 0.29) is 42.4 Å². The third-order valence-corrected chi connectivity index (χ3v) is 10.5. The van der Waals surface area contributed by atoms with Crippen molar-refractivity contribution in [3.8, 4) is 11.3 Å². The van der Waals surface area contributed by atoms with Crippen LogP contribution in [0.15, 0.2) is 36.4 Å². The number of carbonyl (C=O) groups excluding carboxylic acids is 3. The van der Waals surface area contributed by atoms with E-state index in [1.54, 1.807) is 24.3 Å². The fourth-order valence-corrected chi connectivity index (χ4v) is 8.01. The predicted molar refractivity (Wildman–Crippen MR) is 159 cm³/mol. The minimum Gasteiger partial charge on any atom is -0.367 e. The van der Waals surface area contributed by atoms with E-state index in [0.717, 1.165) is 56.8 Å². The van der Waals surface area contributed by atoms with E-state index in [4.69, 9.17) is 4.74 Å². The number of nitrogens with zero attached hydrogens (tertiary/aromatic N) is 4. The van der Waals surface area contributed by atoms with Crippen LogP contribution in [0.4, 0.5) is 18.3 Å². The summed E-state index contributed by atoms with van der Waals surface area (Å²) in [5.41, 5.74) is -0.692. The van der Waals surface area contributed by atoms with Crippen LogP contribution in [0.1, 0.15) is 42.5 Å². The standard InChI is InChI=1S/C31H36F3N5O4S/c1-37-11-13-38(14-12-37)30-35-25(28(34)44-30)19-7-9-20(10-8-19)29(42)36-31(18-40,21-5-3-2-4-6-21)39-16-22(23(33)15-32)27-26(39)24(41)17-43-27/h7-10,15,18,21-22,26-27H,2-6,11-14,16-17H2,1H3,(H,36,42). The van der Waals surface area contributed by atoms with Crippen LogP contribution in [0.25, 0.3) is 11.3 Å². The van der Waals surface area contributed by atoms with Gasteiger partial charge in [-0.15, -0.1) is 0 Å². The number of halogens is 3. The Bertz CT molecular complexity index is 1420. The molecule has 0 bridgehead atoms. The van der Waals surface area contributed by atoms with Crippen LogP contribution >= 0.6 is 11.3 Å². The molecule has 4 fully saturated rings. The second kappa shape index (κ2) is 12.7. The number of carbonyl (C=O) groups is 3. The minimum atomic E-state index is -1.63. The number of rotatable bonds is 8. The van der Waals surface area contributed by atoms with Crippen molar-refractivity contribution in [2.75, 3.05) is 51.3 Å². The van der Waals surface area contributed by atoms with Crippen molar-refractivity contribution in [2.24, 2.45) is 11.8 Å². The van der Waals surface area contributed by atoms with Gasteiger partial charge in [0.2, 0.25) is 5.13 Å². The largest absolute Gasteiger partial charge is 0.367 e. The molecule has 4 unspecified atom stereocenters. The topological polar surface area (TPSA) is 95.1 Å². The van der Waals surface area contributed by atoms with Crippen molar-refractivity contribution in [3.63, 3.8) is 0 Å². The zero-order chi connectivity index (χ0) is 31.0. The molecule has 13 heteroatoms. The van der Waals surface area contributed by atoms with E-state index in [2.05, 4.69) is 20.1 Å². The number of ketones is 1. The van der Waals surface area contributed by atoms with Crippen LogP contribution < -0.4 is 10.2 Å². The van der Waals surface area contributed by atoms with Gasteiger partial charge >= 0.3 is 0 Å². The van der Waals surface area contributed by atoms with E-state index in [0.29, 0.717) is 29.8 Å². The smallest absolute Gasteiger partial charge is 0.253 e. The lowest BCUT2D eigenvalue weighted by atomic mass is 9.78. The summed E-state index contributed by atoms with van der Waals surface area (Å²) in [6.07, 6.45) is 3.40. The van der Waals surface area contributed by atoms with E-state index >= 15 is 0 Å². The van der Waals surface area contributed by atoms with Gasteiger partial charge in [-0.25, -0.2) is 13.8 Å². The number of nitrogens with one attached hydrogen (secondary N) is 1. The molecule has 1 amide bonds. The van der Waals surface area contributed by atoms with E-state index in [1.165, 1.54) is 4.90 Å². The predicted octanol–water partition coefficient (Wildman–Crippen LogP) is 3.96. The Morgan fingerprint density at radius 2 is 1.84 bits per heavy atom. The normalized spacial score (nSPS) is 26.9. The van der Waals surface area contributed by atoms with Crippen LogP contribution in [0, 0.1) is 17.0 Å². The first-order valence-electron chi connectivity index (χ1n) is 15.1. The number of fused-ring (bicyclic) bond motifs is 1. The number of thiazole rings is 1. The highest BCUT2D eigenvalue weighted by Crippen LogP contribution is 2.44. The Morgan fingerprint density at radius 3 is 2.50 bits per heavy atom. The Hall–Kier alpha value is -3.13. The molecular weight excluding hydrogens is 595 g/mol. The van der Waals surface area contributed by atoms with Crippen LogP contribution in [-0.4, -0.2) is 96.9 Å². The molecule has 2 aromatic rings. The van der Waals surface area contributed by atoms with Crippen molar-refractivity contribution in [3.05, 3.63) is 47.1 Å². The monoisotopic (exact) mass is 631 g/mol. The number of ether oxygens (including phenoxy) is 1. The van der Waals surface area contributed by atoms with E-state index < -0.39 is 40.6 Å². The fourth-order valence-electron chi connectivity index (χ4n) is 7.14. The Morgan fingerprint density at radius 1 is 1.14 bits per heavy atom. The maximum absolute atomic E-state index is 15.0. The third-order valence-electron chi connectivity index (χ3n) is 9.61. The quantitative estimate of drug-likeness (QED) is 0.438. The zero-order valence-corrected chi connectivity index (χ0v) is 25.3. The Kier molecular flexibility index (Phi) is 8.91. The van der Waals surface area contributed by atoms with Gasteiger partial charge in [-0.2, -0.15) is 4.39 Å². The van der Waals surface area contributed by atoms with Gasteiger partial charge in [0.05, 0.1) is 12.0 Å². The number of hydrogen-bond donors (Lipinski definition) is 1. The maximum atomic E-state index is 15.0. The van der Waals surface area contributed by atoms with Crippen molar-refractivity contribution in [1.29, 1.82) is 0 Å². The molecule has 9 nitrogen and oxygen atoms in total. The summed E-state index contributed by atoms with van der Waals surface area (Å²) in [6, 6.07) is 5.31. The summed E-state index contributed by atoms with van der Waals surface area (Å²) >= 11 is 0.994. The summed E-state index contributed by atoms with van der Waals surface area (Å²) in [4.78, 5) is 50.2. The van der Waals surface area contributed by atoms with Gasteiger partial charge in [0, 0.05) is 49.8 Å². The lowest BCUT2D eigenvalue weighted by Gasteiger charge is -2.47. The molecule has 6 rings (SSSR count). The SMILES string of the molecule is CN1CCN(c2nc(-c3ccc(C(=O)NC(C=O)(C4CCCCC4)N4CC(C(F)=CF)C5OCC(=O)C54)cc3)c(F)s2)CC1. The molecule has 1 aromatic carbocycles. The Labute approximate surface area is 258 Å². The first-order chi connectivity index (χ1) is 21.3. The summed E-state index contributed by atoms with van der Waals surface area (Å²) in [5.74, 6) is -3.41. The highest BCUT2D eigenvalue weighted by atomic mass is 32.1. The first kappa shape index (κ1) is 30.9. The van der Waals surface area contributed by atoms with Crippen molar-refractivity contribution < 1.29 is 32.3 Å². The molecule has 0 spiro atoms. The van der Waals surface area contributed by atoms with Crippen LogP contribution in [-0.2, 0) is 14.3 Å². The van der Waals surface area contributed by atoms with Crippen LogP contribution in [0.3, 0.4) is 0 Å². The molecule has 0 radical (unpaired) electrons. The molecular formula is C31H36F3N5O4S. The zero-order valence-electron chi connectivity index (χ0n) is 24.5. The number of likely N-dealkylation sites (N-methyl/N-ethyl adjacent to an activating group) is 1. The van der Waals surface area contributed by atoms with Gasteiger partial charge in [0.15, 0.2) is 22.9 Å². The van der Waals surface area contributed by atoms with Gasteiger partial charge in [0.25, 0.3) is 5.91 Å². The number of Topliss-reactive ketones (excluding diaryl/α,β-unsaturated/α-hetero) is 1. The first-order valence-corrected chi connectivity index (χ1v) is 15.9. The number of likely N-dealkylation sites (tertiary alicyclic amines) is 1. The average Bonchev–Trinajstić information content (AvgIpc) is 3.75. The van der Waals surface area contributed by atoms with Crippen molar-refractivity contribution >= 4 is 34.4 Å². The molecule has 1 N–H and O–H groups in total. The summed E-state index contributed by atoms with van der Waals surface area (Å²) in [7, 11) is 2.04. The highest BCUT2D eigenvalue weighted by Gasteiger charge is 2.60. The van der Waals surface area contributed by atoms with Crippen molar-refractivity contribution in [2.45, 2.75) is 49.9 Å².